The highest BCUT2D eigenvalue weighted by Gasteiger charge is 2.36. The SMILES string of the molecule is CC(=O)N1CC[C@H]2CC[C@@H](CN(C(=O)CCc3nc(C(C)C)no3)Cc3ccccc31)N2Cc1ccc(Cl)cc1. The Morgan fingerprint density at radius 2 is 1.80 bits per heavy atom. The molecule has 9 heteroatoms. The van der Waals surface area contributed by atoms with Crippen LogP contribution in [0.5, 0.6) is 0 Å². The van der Waals surface area contributed by atoms with Crippen molar-refractivity contribution in [3.05, 3.63) is 76.4 Å². The zero-order valence-electron chi connectivity index (χ0n) is 23.6. The molecule has 2 bridgehead atoms. The van der Waals surface area contributed by atoms with Crippen LogP contribution in [0, 0.1) is 0 Å². The van der Waals surface area contributed by atoms with Crippen molar-refractivity contribution in [2.24, 2.45) is 0 Å². The molecule has 1 aromatic heterocycles. The maximum Gasteiger partial charge on any atom is 0.227 e. The number of fused-ring (bicyclic) bond motifs is 3. The summed E-state index contributed by atoms with van der Waals surface area (Å²) in [5, 5.41) is 4.76. The van der Waals surface area contributed by atoms with E-state index in [-0.39, 0.29) is 30.2 Å². The summed E-state index contributed by atoms with van der Waals surface area (Å²) in [5.41, 5.74) is 3.05. The van der Waals surface area contributed by atoms with E-state index in [0.717, 1.165) is 42.1 Å². The molecular formula is C31H38ClN5O3. The van der Waals surface area contributed by atoms with Crippen molar-refractivity contribution in [3.63, 3.8) is 0 Å². The van der Waals surface area contributed by atoms with Gasteiger partial charge in [-0.05, 0) is 48.6 Å². The number of para-hydroxylation sites is 1. The Labute approximate surface area is 241 Å². The highest BCUT2D eigenvalue weighted by atomic mass is 35.5. The largest absolute Gasteiger partial charge is 0.339 e. The van der Waals surface area contributed by atoms with Crippen molar-refractivity contribution in [1.82, 2.24) is 19.9 Å². The van der Waals surface area contributed by atoms with Gasteiger partial charge in [0.1, 0.15) is 0 Å². The number of aromatic nitrogens is 2. The Morgan fingerprint density at radius 1 is 1.05 bits per heavy atom. The molecule has 0 spiro atoms. The van der Waals surface area contributed by atoms with Gasteiger partial charge in [-0.15, -0.1) is 0 Å². The predicted molar refractivity (Wildman–Crippen MR) is 155 cm³/mol. The van der Waals surface area contributed by atoms with E-state index in [1.165, 1.54) is 5.56 Å². The molecule has 2 amide bonds. The fourth-order valence-corrected chi connectivity index (χ4v) is 6.03. The summed E-state index contributed by atoms with van der Waals surface area (Å²) in [7, 11) is 0. The number of carbonyl (C=O) groups excluding carboxylic acids is 2. The summed E-state index contributed by atoms with van der Waals surface area (Å²) in [4.78, 5) is 37.5. The molecular weight excluding hydrogens is 526 g/mol. The number of carbonyl (C=O) groups is 2. The Kier molecular flexibility index (Phi) is 8.86. The maximum atomic E-state index is 13.8. The van der Waals surface area contributed by atoms with Crippen LogP contribution in [0.1, 0.15) is 75.2 Å². The van der Waals surface area contributed by atoms with Crippen LogP contribution in [-0.2, 0) is 29.1 Å². The number of amides is 2. The second-order valence-electron chi connectivity index (χ2n) is 11.2. The van der Waals surface area contributed by atoms with E-state index >= 15 is 0 Å². The Balaban J connectivity index is 1.43. The van der Waals surface area contributed by atoms with Gasteiger partial charge in [-0.3, -0.25) is 14.5 Å². The van der Waals surface area contributed by atoms with Crippen molar-refractivity contribution in [3.8, 4) is 0 Å². The number of benzene rings is 2. The molecule has 0 unspecified atom stereocenters. The topological polar surface area (TPSA) is 82.8 Å². The van der Waals surface area contributed by atoms with E-state index in [2.05, 4.69) is 27.2 Å². The van der Waals surface area contributed by atoms with Crippen LogP contribution in [0.2, 0.25) is 5.02 Å². The molecule has 1 saturated heterocycles. The van der Waals surface area contributed by atoms with Crippen LogP contribution in [0.3, 0.4) is 0 Å². The van der Waals surface area contributed by atoms with Crippen LogP contribution in [0.15, 0.2) is 53.1 Å². The highest BCUT2D eigenvalue weighted by Crippen LogP contribution is 2.33. The van der Waals surface area contributed by atoms with Crippen molar-refractivity contribution in [1.29, 1.82) is 0 Å². The smallest absolute Gasteiger partial charge is 0.227 e. The number of halogens is 1. The second-order valence-corrected chi connectivity index (χ2v) is 11.7. The highest BCUT2D eigenvalue weighted by molar-refractivity contribution is 6.30. The molecule has 3 aromatic rings. The lowest BCUT2D eigenvalue weighted by atomic mass is 10.1. The Morgan fingerprint density at radius 3 is 2.52 bits per heavy atom. The van der Waals surface area contributed by atoms with Gasteiger partial charge in [0.25, 0.3) is 0 Å². The zero-order chi connectivity index (χ0) is 28.2. The van der Waals surface area contributed by atoms with Gasteiger partial charge in [0.05, 0.1) is 0 Å². The summed E-state index contributed by atoms with van der Waals surface area (Å²) in [5.74, 6) is 1.37. The zero-order valence-corrected chi connectivity index (χ0v) is 24.3. The fourth-order valence-electron chi connectivity index (χ4n) is 5.90. The van der Waals surface area contributed by atoms with Crippen LogP contribution in [-0.4, -0.2) is 56.9 Å². The molecule has 2 aliphatic heterocycles. The number of hydrogen-bond acceptors (Lipinski definition) is 6. The second kappa shape index (κ2) is 12.5. The van der Waals surface area contributed by atoms with E-state index in [1.807, 2.05) is 60.0 Å². The summed E-state index contributed by atoms with van der Waals surface area (Å²) in [6.07, 6.45) is 3.60. The molecule has 2 aromatic carbocycles. The molecule has 0 N–H and O–H groups in total. The van der Waals surface area contributed by atoms with Crippen LogP contribution in [0.25, 0.3) is 0 Å². The van der Waals surface area contributed by atoms with Gasteiger partial charge in [0, 0.05) is 74.7 Å². The Bertz CT molecular complexity index is 1320. The third-order valence-corrected chi connectivity index (χ3v) is 8.35. The molecule has 0 radical (unpaired) electrons. The van der Waals surface area contributed by atoms with Gasteiger partial charge in [-0.25, -0.2) is 0 Å². The van der Waals surface area contributed by atoms with Gasteiger partial charge in [-0.1, -0.05) is 60.9 Å². The maximum absolute atomic E-state index is 13.8. The number of rotatable bonds is 6. The first kappa shape index (κ1) is 28.3. The van der Waals surface area contributed by atoms with E-state index in [9.17, 15) is 9.59 Å². The molecule has 212 valence electrons. The van der Waals surface area contributed by atoms with Crippen molar-refractivity contribution >= 4 is 29.1 Å². The predicted octanol–water partition coefficient (Wildman–Crippen LogP) is 5.60. The lowest BCUT2D eigenvalue weighted by Crippen LogP contribution is -2.45. The van der Waals surface area contributed by atoms with E-state index in [1.54, 1.807) is 6.92 Å². The average Bonchev–Trinajstić information content (AvgIpc) is 3.55. The molecule has 1 fully saturated rings. The summed E-state index contributed by atoms with van der Waals surface area (Å²) < 4.78 is 5.41. The van der Waals surface area contributed by atoms with Gasteiger partial charge < -0.3 is 14.3 Å². The summed E-state index contributed by atoms with van der Waals surface area (Å²) in [6, 6.07) is 16.5. The third-order valence-electron chi connectivity index (χ3n) is 8.10. The van der Waals surface area contributed by atoms with Crippen LogP contribution in [0.4, 0.5) is 5.69 Å². The molecule has 2 aliphatic rings. The first-order chi connectivity index (χ1) is 19.3. The van der Waals surface area contributed by atoms with Gasteiger partial charge >= 0.3 is 0 Å². The Hall–Kier alpha value is -3.23. The normalized spacial score (nSPS) is 19.9. The molecule has 0 saturated carbocycles. The fraction of sp³-hybridized carbons (Fsp3) is 0.484. The van der Waals surface area contributed by atoms with Crippen molar-refractivity contribution in [2.45, 2.75) is 84.0 Å². The van der Waals surface area contributed by atoms with E-state index in [4.69, 9.17) is 16.1 Å². The standard InChI is InChI=1S/C31H38ClN5O3/c1-21(2)31-33-29(40-34-31)14-15-30(39)35-19-24-6-4-5-7-28(24)36(22(3)38)17-16-26-12-13-27(20-35)37(26)18-23-8-10-25(32)11-9-23/h4-11,21,26-27H,12-20H2,1-3H3/t26-,27+/m1/s1. The first-order valence-electron chi connectivity index (χ1n) is 14.2. The quantitative estimate of drug-likeness (QED) is 0.388. The minimum absolute atomic E-state index is 0.0146. The molecule has 40 heavy (non-hydrogen) atoms. The number of nitrogens with zero attached hydrogens (tertiary/aromatic N) is 5. The number of anilines is 1. The van der Waals surface area contributed by atoms with E-state index in [0.29, 0.717) is 43.8 Å². The lowest BCUT2D eigenvalue weighted by Gasteiger charge is -2.34. The first-order valence-corrected chi connectivity index (χ1v) is 14.6. The lowest BCUT2D eigenvalue weighted by molar-refractivity contribution is -0.132. The summed E-state index contributed by atoms with van der Waals surface area (Å²) in [6.45, 7) is 8.14. The van der Waals surface area contributed by atoms with E-state index < -0.39 is 0 Å². The summed E-state index contributed by atoms with van der Waals surface area (Å²) >= 11 is 6.15. The number of aryl methyl sites for hydroxylation is 1. The minimum atomic E-state index is 0.0146. The van der Waals surface area contributed by atoms with Crippen LogP contribution >= 0.6 is 11.6 Å². The van der Waals surface area contributed by atoms with Crippen molar-refractivity contribution < 1.29 is 14.1 Å². The molecule has 8 nitrogen and oxygen atoms in total. The van der Waals surface area contributed by atoms with Gasteiger partial charge in [0.2, 0.25) is 17.7 Å². The monoisotopic (exact) mass is 563 g/mol. The molecule has 3 heterocycles. The minimum Gasteiger partial charge on any atom is -0.339 e. The van der Waals surface area contributed by atoms with Crippen LogP contribution < -0.4 is 4.90 Å². The van der Waals surface area contributed by atoms with Crippen molar-refractivity contribution in [2.75, 3.05) is 18.0 Å². The average molecular weight is 564 g/mol. The van der Waals surface area contributed by atoms with Gasteiger partial charge in [-0.2, -0.15) is 4.98 Å². The molecule has 5 rings (SSSR count). The molecule has 0 aliphatic carbocycles. The number of hydrogen-bond donors (Lipinski definition) is 0. The molecule has 2 atom stereocenters. The third kappa shape index (κ3) is 6.56. The van der Waals surface area contributed by atoms with Gasteiger partial charge in [0.15, 0.2) is 5.82 Å².